The van der Waals surface area contributed by atoms with Crippen molar-refractivity contribution in [1.82, 2.24) is 0 Å². The molecule has 4 heteroatoms. The van der Waals surface area contributed by atoms with Crippen LogP contribution in [0.3, 0.4) is 0 Å². The Morgan fingerprint density at radius 2 is 1.18 bits per heavy atom. The highest BCUT2D eigenvalue weighted by molar-refractivity contribution is 6.36. The number of Topliss-reactive ketones (excluding diaryl/α,β-unsaturated/α-hetero) is 4. The lowest BCUT2D eigenvalue weighted by Crippen LogP contribution is -2.14. The van der Waals surface area contributed by atoms with E-state index in [1.165, 1.54) is 27.7 Å². The highest BCUT2D eigenvalue weighted by Crippen LogP contribution is 2.42. The summed E-state index contributed by atoms with van der Waals surface area (Å²) in [4.78, 5) is 50.3. The first-order valence-corrected chi connectivity index (χ1v) is 9.05. The third kappa shape index (κ3) is 2.31. The summed E-state index contributed by atoms with van der Waals surface area (Å²) >= 11 is 0. The molecule has 0 amide bonds. The molecule has 0 spiro atoms. The molecule has 0 bridgehead atoms. The van der Waals surface area contributed by atoms with Crippen LogP contribution in [0.4, 0.5) is 0 Å². The maximum absolute atomic E-state index is 12.7. The van der Waals surface area contributed by atoms with Crippen molar-refractivity contribution in [3.8, 4) is 0 Å². The molecular weight excluding hydrogens is 352 g/mol. The number of carbonyl (C=O) groups excluding carboxylic acids is 4. The van der Waals surface area contributed by atoms with Crippen LogP contribution in [0.2, 0.25) is 0 Å². The lowest BCUT2D eigenvalue weighted by Gasteiger charge is -2.21. The predicted molar refractivity (Wildman–Crippen MR) is 110 cm³/mol. The summed E-state index contributed by atoms with van der Waals surface area (Å²) in [7, 11) is 0. The molecular formula is C24H18O4. The lowest BCUT2D eigenvalue weighted by atomic mass is 9.80. The second kappa shape index (κ2) is 6.06. The standard InChI is InChI=1S/C24H18O4/c1-11(25)18-10-16-7-5-6-15-8-9-17-19(12(2)26)20(13(3)27)21(14(4)28)24(18)23(17)22(15)16/h5-10H,1-4H3. The van der Waals surface area contributed by atoms with Gasteiger partial charge in [-0.25, -0.2) is 0 Å². The molecule has 0 unspecified atom stereocenters. The average Bonchev–Trinajstić information content (AvgIpc) is 2.63. The van der Waals surface area contributed by atoms with Crippen molar-refractivity contribution in [2.24, 2.45) is 0 Å². The minimum absolute atomic E-state index is 0.105. The first-order chi connectivity index (χ1) is 13.2. The Morgan fingerprint density at radius 3 is 1.75 bits per heavy atom. The van der Waals surface area contributed by atoms with Gasteiger partial charge in [0.05, 0.1) is 0 Å². The van der Waals surface area contributed by atoms with Gasteiger partial charge in [-0.05, 0) is 60.7 Å². The van der Waals surface area contributed by atoms with Crippen molar-refractivity contribution in [1.29, 1.82) is 0 Å². The molecule has 0 aliphatic heterocycles. The van der Waals surface area contributed by atoms with Crippen molar-refractivity contribution in [3.05, 3.63) is 58.7 Å². The molecule has 0 radical (unpaired) electrons. The Morgan fingerprint density at radius 1 is 0.571 bits per heavy atom. The number of hydrogen-bond donors (Lipinski definition) is 0. The van der Waals surface area contributed by atoms with E-state index in [1.807, 2.05) is 24.3 Å². The van der Waals surface area contributed by atoms with Crippen LogP contribution >= 0.6 is 0 Å². The van der Waals surface area contributed by atoms with Gasteiger partial charge in [0.1, 0.15) is 0 Å². The maximum Gasteiger partial charge on any atom is 0.161 e. The Balaban J connectivity index is 2.52. The van der Waals surface area contributed by atoms with Crippen molar-refractivity contribution in [2.75, 3.05) is 0 Å². The smallest absolute Gasteiger partial charge is 0.161 e. The fraction of sp³-hybridized carbons (Fsp3) is 0.167. The van der Waals surface area contributed by atoms with Crippen LogP contribution in [0.1, 0.15) is 69.1 Å². The zero-order valence-corrected chi connectivity index (χ0v) is 16.1. The number of ketones is 4. The molecule has 0 aromatic heterocycles. The second-order valence-electron chi connectivity index (χ2n) is 7.22. The maximum atomic E-state index is 12.7. The molecule has 0 heterocycles. The molecule has 28 heavy (non-hydrogen) atoms. The lowest BCUT2D eigenvalue weighted by molar-refractivity contribution is 0.0970. The van der Waals surface area contributed by atoms with Gasteiger partial charge in [0.15, 0.2) is 23.1 Å². The quantitative estimate of drug-likeness (QED) is 0.356. The first kappa shape index (κ1) is 18.0. The zero-order chi connectivity index (χ0) is 20.3. The molecule has 138 valence electrons. The summed E-state index contributed by atoms with van der Waals surface area (Å²) < 4.78 is 0. The number of benzene rings is 4. The predicted octanol–water partition coefficient (Wildman–Crippen LogP) is 5.39. The summed E-state index contributed by atoms with van der Waals surface area (Å²) in [5.41, 5.74) is 0.902. The van der Waals surface area contributed by atoms with E-state index in [0.717, 1.165) is 16.2 Å². The molecule has 4 aromatic rings. The van der Waals surface area contributed by atoms with E-state index in [9.17, 15) is 19.2 Å². The summed E-state index contributed by atoms with van der Waals surface area (Å²) in [6.45, 7) is 5.56. The van der Waals surface area contributed by atoms with Crippen LogP contribution in [0.15, 0.2) is 36.4 Å². The zero-order valence-electron chi connectivity index (χ0n) is 16.1. The summed E-state index contributed by atoms with van der Waals surface area (Å²) in [6, 6.07) is 11.3. The molecule has 4 nitrogen and oxygen atoms in total. The molecule has 0 saturated heterocycles. The van der Waals surface area contributed by atoms with Gasteiger partial charge in [-0.3, -0.25) is 19.2 Å². The molecule has 0 saturated carbocycles. The van der Waals surface area contributed by atoms with Gasteiger partial charge in [-0.15, -0.1) is 0 Å². The van der Waals surface area contributed by atoms with E-state index in [2.05, 4.69) is 0 Å². The van der Waals surface area contributed by atoms with Crippen molar-refractivity contribution in [2.45, 2.75) is 27.7 Å². The van der Waals surface area contributed by atoms with Crippen molar-refractivity contribution < 1.29 is 19.2 Å². The minimum atomic E-state index is -0.365. The molecule has 4 aromatic carbocycles. The van der Waals surface area contributed by atoms with E-state index in [0.29, 0.717) is 21.7 Å². The number of hydrogen-bond acceptors (Lipinski definition) is 4. The van der Waals surface area contributed by atoms with Crippen LogP contribution in [0.5, 0.6) is 0 Å². The van der Waals surface area contributed by atoms with Gasteiger partial charge >= 0.3 is 0 Å². The van der Waals surface area contributed by atoms with E-state index in [1.54, 1.807) is 12.1 Å². The van der Waals surface area contributed by atoms with Gasteiger partial charge < -0.3 is 0 Å². The Bertz CT molecular complexity index is 1360. The van der Waals surface area contributed by atoms with E-state index in [4.69, 9.17) is 0 Å². The molecule has 0 aliphatic carbocycles. The summed E-state index contributed by atoms with van der Waals surface area (Å²) in [6.07, 6.45) is 0. The second-order valence-corrected chi connectivity index (χ2v) is 7.22. The van der Waals surface area contributed by atoms with E-state index < -0.39 is 0 Å². The molecule has 0 atom stereocenters. The minimum Gasteiger partial charge on any atom is -0.294 e. The van der Waals surface area contributed by atoms with Gasteiger partial charge in [-0.1, -0.05) is 30.3 Å². The molecule has 0 fully saturated rings. The number of carbonyl (C=O) groups is 4. The number of rotatable bonds is 4. The van der Waals surface area contributed by atoms with Gasteiger partial charge in [0.25, 0.3) is 0 Å². The van der Waals surface area contributed by atoms with Crippen LogP contribution < -0.4 is 0 Å². The molecule has 0 aliphatic rings. The van der Waals surface area contributed by atoms with Gasteiger partial charge in [-0.2, -0.15) is 0 Å². The van der Waals surface area contributed by atoms with Crippen molar-refractivity contribution >= 4 is 55.5 Å². The molecule has 4 rings (SSSR count). The van der Waals surface area contributed by atoms with E-state index in [-0.39, 0.29) is 39.8 Å². The van der Waals surface area contributed by atoms with Gasteiger partial charge in [0, 0.05) is 27.6 Å². The highest BCUT2D eigenvalue weighted by atomic mass is 16.1. The first-order valence-electron chi connectivity index (χ1n) is 9.05. The third-order valence-corrected chi connectivity index (χ3v) is 5.35. The van der Waals surface area contributed by atoms with Crippen molar-refractivity contribution in [3.63, 3.8) is 0 Å². The highest BCUT2D eigenvalue weighted by Gasteiger charge is 2.28. The van der Waals surface area contributed by atoms with Crippen LogP contribution in [0, 0.1) is 0 Å². The van der Waals surface area contributed by atoms with Crippen LogP contribution in [0.25, 0.3) is 32.3 Å². The largest absolute Gasteiger partial charge is 0.294 e. The average molecular weight is 370 g/mol. The fourth-order valence-corrected chi connectivity index (χ4v) is 4.35. The van der Waals surface area contributed by atoms with Gasteiger partial charge in [0.2, 0.25) is 0 Å². The third-order valence-electron chi connectivity index (χ3n) is 5.35. The Hall–Kier alpha value is -3.40. The Labute approximate surface area is 161 Å². The topological polar surface area (TPSA) is 68.3 Å². The summed E-state index contributed by atoms with van der Waals surface area (Å²) in [5, 5.41) is 4.46. The summed E-state index contributed by atoms with van der Waals surface area (Å²) in [5.74, 6) is -1.18. The van der Waals surface area contributed by atoms with Crippen LogP contribution in [-0.4, -0.2) is 23.1 Å². The Kier molecular flexibility index (Phi) is 3.89. The molecule has 0 N–H and O–H groups in total. The van der Waals surface area contributed by atoms with Crippen LogP contribution in [-0.2, 0) is 0 Å². The normalized spacial score (nSPS) is 11.4. The fourth-order valence-electron chi connectivity index (χ4n) is 4.35. The SMILES string of the molecule is CC(=O)c1c(C(C)=O)c2ccc3cccc4cc(C(C)=O)c(c1C(C)=O)c2c34. The monoisotopic (exact) mass is 370 g/mol. The van der Waals surface area contributed by atoms with E-state index >= 15 is 0 Å².